The van der Waals surface area contributed by atoms with E-state index in [4.69, 9.17) is 9.26 Å². The number of halogens is 1. The first-order valence-electron chi connectivity index (χ1n) is 6.55. The number of hydrogen-bond donors (Lipinski definition) is 0. The smallest absolute Gasteiger partial charge is 0.377 e. The topological polar surface area (TPSA) is 72.6 Å². The van der Waals surface area contributed by atoms with Crippen molar-refractivity contribution in [3.8, 4) is 0 Å². The Morgan fingerprint density at radius 2 is 2.09 bits per heavy atom. The molecule has 0 N–H and O–H groups in total. The summed E-state index contributed by atoms with van der Waals surface area (Å²) in [5.41, 5.74) is 0.922. The third kappa shape index (κ3) is 3.91. The van der Waals surface area contributed by atoms with Gasteiger partial charge < -0.3 is 14.2 Å². The average Bonchev–Trinajstić information content (AvgIpc) is 2.93. The molecular formula is C15H15FN2O4. The number of rotatable bonds is 5. The summed E-state index contributed by atoms with van der Waals surface area (Å²) in [7, 11) is 1.50. The number of aromatic nitrogens is 1. The fraction of sp³-hybridized carbons (Fsp3) is 0.267. The second-order valence-corrected chi connectivity index (χ2v) is 4.75. The van der Waals surface area contributed by atoms with Crippen LogP contribution in [-0.4, -0.2) is 35.6 Å². The molecule has 0 aliphatic carbocycles. The molecule has 116 valence electrons. The van der Waals surface area contributed by atoms with E-state index >= 15 is 0 Å². The van der Waals surface area contributed by atoms with Crippen LogP contribution in [0.3, 0.4) is 0 Å². The lowest BCUT2D eigenvalue weighted by atomic mass is 10.2. The first kappa shape index (κ1) is 15.7. The lowest BCUT2D eigenvalue weighted by molar-refractivity contribution is -0.133. The largest absolute Gasteiger partial charge is 0.450 e. The van der Waals surface area contributed by atoms with E-state index in [-0.39, 0.29) is 12.3 Å². The first-order chi connectivity index (χ1) is 10.5. The van der Waals surface area contributed by atoms with Crippen molar-refractivity contribution in [3.05, 3.63) is 53.2 Å². The molecule has 0 unspecified atom stereocenters. The molecule has 1 aromatic heterocycles. The number of amides is 1. The van der Waals surface area contributed by atoms with Crippen LogP contribution in [0.15, 0.2) is 34.9 Å². The standard InChI is InChI=1S/C15H15FN2O4/c1-10-7-13(22-17-10)15(20)21-9-14(19)18(2)8-11-5-3-4-6-12(11)16/h3-7H,8-9H2,1-2H3. The molecule has 0 bridgehead atoms. The Labute approximate surface area is 126 Å². The Balaban J connectivity index is 1.86. The summed E-state index contributed by atoms with van der Waals surface area (Å²) in [6.07, 6.45) is 0. The minimum atomic E-state index is -0.770. The molecule has 0 atom stereocenters. The summed E-state index contributed by atoms with van der Waals surface area (Å²) in [5, 5.41) is 3.55. The van der Waals surface area contributed by atoms with Crippen LogP contribution in [0.5, 0.6) is 0 Å². The maximum absolute atomic E-state index is 13.5. The van der Waals surface area contributed by atoms with Crippen LogP contribution in [0, 0.1) is 12.7 Å². The molecule has 1 amide bonds. The van der Waals surface area contributed by atoms with Gasteiger partial charge in [0.1, 0.15) is 5.82 Å². The van der Waals surface area contributed by atoms with Crippen LogP contribution in [0.2, 0.25) is 0 Å². The highest BCUT2D eigenvalue weighted by Gasteiger charge is 2.17. The number of likely N-dealkylation sites (N-methyl/N-ethyl adjacent to an activating group) is 1. The van der Waals surface area contributed by atoms with Gasteiger partial charge in [0.05, 0.1) is 5.69 Å². The van der Waals surface area contributed by atoms with E-state index in [2.05, 4.69) is 5.16 Å². The average molecular weight is 306 g/mol. The van der Waals surface area contributed by atoms with Gasteiger partial charge in [0.2, 0.25) is 5.76 Å². The maximum atomic E-state index is 13.5. The van der Waals surface area contributed by atoms with Gasteiger partial charge in [-0.1, -0.05) is 23.4 Å². The zero-order valence-electron chi connectivity index (χ0n) is 12.2. The van der Waals surface area contributed by atoms with E-state index in [9.17, 15) is 14.0 Å². The molecule has 1 aromatic carbocycles. The van der Waals surface area contributed by atoms with E-state index in [0.717, 1.165) is 0 Å². The molecule has 0 fully saturated rings. The minimum Gasteiger partial charge on any atom is -0.450 e. The third-order valence-corrected chi connectivity index (χ3v) is 2.95. The molecular weight excluding hydrogens is 291 g/mol. The first-order valence-corrected chi connectivity index (χ1v) is 6.55. The zero-order valence-corrected chi connectivity index (χ0v) is 12.2. The van der Waals surface area contributed by atoms with Crippen molar-refractivity contribution in [2.45, 2.75) is 13.5 Å². The van der Waals surface area contributed by atoms with Crippen molar-refractivity contribution in [2.75, 3.05) is 13.7 Å². The van der Waals surface area contributed by atoms with Crippen LogP contribution in [0.1, 0.15) is 21.8 Å². The van der Waals surface area contributed by atoms with Crippen molar-refractivity contribution in [1.82, 2.24) is 10.1 Å². The van der Waals surface area contributed by atoms with Gasteiger partial charge >= 0.3 is 5.97 Å². The van der Waals surface area contributed by atoms with Gasteiger partial charge in [0.25, 0.3) is 5.91 Å². The predicted molar refractivity (Wildman–Crippen MR) is 74.4 cm³/mol. The molecule has 1 heterocycles. The summed E-state index contributed by atoms with van der Waals surface area (Å²) in [4.78, 5) is 24.8. The van der Waals surface area contributed by atoms with Crippen LogP contribution in [-0.2, 0) is 16.1 Å². The fourth-order valence-corrected chi connectivity index (χ4v) is 1.74. The molecule has 22 heavy (non-hydrogen) atoms. The van der Waals surface area contributed by atoms with Crippen molar-refractivity contribution >= 4 is 11.9 Å². The molecule has 0 radical (unpaired) electrons. The third-order valence-electron chi connectivity index (χ3n) is 2.95. The Morgan fingerprint density at radius 1 is 1.36 bits per heavy atom. The maximum Gasteiger partial charge on any atom is 0.377 e. The molecule has 0 aliphatic rings. The predicted octanol–water partition coefficient (Wildman–Crippen LogP) is 1.94. The monoisotopic (exact) mass is 306 g/mol. The highest BCUT2D eigenvalue weighted by molar-refractivity contribution is 5.88. The summed E-state index contributed by atoms with van der Waals surface area (Å²) in [6, 6.07) is 7.57. The van der Waals surface area contributed by atoms with Gasteiger partial charge in [-0.15, -0.1) is 0 Å². The Hall–Kier alpha value is -2.70. The molecule has 0 aliphatic heterocycles. The van der Waals surface area contributed by atoms with Gasteiger partial charge in [-0.05, 0) is 13.0 Å². The summed E-state index contributed by atoms with van der Waals surface area (Å²) >= 11 is 0. The van der Waals surface area contributed by atoms with Crippen LogP contribution < -0.4 is 0 Å². The number of nitrogens with zero attached hydrogens (tertiary/aromatic N) is 2. The van der Waals surface area contributed by atoms with Crippen LogP contribution >= 0.6 is 0 Å². The minimum absolute atomic E-state index is 0.0675. The van der Waals surface area contributed by atoms with Crippen molar-refractivity contribution < 1.29 is 23.2 Å². The molecule has 0 spiro atoms. The number of aryl methyl sites for hydroxylation is 1. The zero-order chi connectivity index (χ0) is 16.1. The second-order valence-electron chi connectivity index (χ2n) is 4.75. The Morgan fingerprint density at radius 3 is 2.73 bits per heavy atom. The normalized spacial score (nSPS) is 10.3. The van der Waals surface area contributed by atoms with E-state index in [0.29, 0.717) is 11.3 Å². The molecule has 7 heteroatoms. The van der Waals surface area contributed by atoms with E-state index < -0.39 is 24.3 Å². The molecule has 0 saturated carbocycles. The number of benzene rings is 1. The number of carbonyl (C=O) groups excluding carboxylic acids is 2. The lowest BCUT2D eigenvalue weighted by Gasteiger charge is -2.17. The quantitative estimate of drug-likeness (QED) is 0.789. The highest BCUT2D eigenvalue weighted by Crippen LogP contribution is 2.09. The van der Waals surface area contributed by atoms with Crippen molar-refractivity contribution in [3.63, 3.8) is 0 Å². The van der Waals surface area contributed by atoms with E-state index in [1.807, 2.05) is 0 Å². The SMILES string of the molecule is Cc1cc(C(=O)OCC(=O)N(C)Cc2ccccc2F)on1. The lowest BCUT2D eigenvalue weighted by Crippen LogP contribution is -2.31. The number of ether oxygens (including phenoxy) is 1. The number of esters is 1. The Kier molecular flexibility index (Phi) is 4.88. The van der Waals surface area contributed by atoms with E-state index in [1.165, 1.54) is 24.1 Å². The van der Waals surface area contributed by atoms with Crippen molar-refractivity contribution in [2.24, 2.45) is 0 Å². The fourth-order valence-electron chi connectivity index (χ4n) is 1.74. The van der Waals surface area contributed by atoms with Gasteiger partial charge in [-0.2, -0.15) is 0 Å². The van der Waals surface area contributed by atoms with Gasteiger partial charge in [-0.3, -0.25) is 4.79 Å². The highest BCUT2D eigenvalue weighted by atomic mass is 19.1. The van der Waals surface area contributed by atoms with E-state index in [1.54, 1.807) is 25.1 Å². The molecule has 0 saturated heterocycles. The second kappa shape index (κ2) is 6.84. The molecule has 6 nitrogen and oxygen atoms in total. The van der Waals surface area contributed by atoms with Gasteiger partial charge in [-0.25, -0.2) is 9.18 Å². The van der Waals surface area contributed by atoms with Crippen molar-refractivity contribution in [1.29, 1.82) is 0 Å². The summed E-state index contributed by atoms with van der Waals surface area (Å²) < 4.78 is 23.1. The van der Waals surface area contributed by atoms with Gasteiger partial charge in [0.15, 0.2) is 6.61 Å². The molecule has 2 aromatic rings. The number of carbonyl (C=O) groups is 2. The Bertz CT molecular complexity index is 684. The summed E-state index contributed by atoms with van der Waals surface area (Å²) in [6.45, 7) is 1.29. The summed E-state index contributed by atoms with van der Waals surface area (Å²) in [5.74, 6) is -1.68. The van der Waals surface area contributed by atoms with Gasteiger partial charge in [0, 0.05) is 25.2 Å². The molecule has 2 rings (SSSR count). The van der Waals surface area contributed by atoms with Crippen LogP contribution in [0.4, 0.5) is 4.39 Å². The number of hydrogen-bond acceptors (Lipinski definition) is 5. The van der Waals surface area contributed by atoms with Crippen LogP contribution in [0.25, 0.3) is 0 Å².